The molecule has 23 heavy (non-hydrogen) atoms. The molecule has 0 spiro atoms. The Labute approximate surface area is 148 Å². The highest BCUT2D eigenvalue weighted by Gasteiger charge is 2.29. The first-order chi connectivity index (χ1) is 9.96. The number of halogens is 5. The predicted octanol–water partition coefficient (Wildman–Crippen LogP) is 2.15. The molecule has 2 heterocycles. The molecule has 1 aromatic rings. The fourth-order valence-corrected chi connectivity index (χ4v) is 2.65. The lowest BCUT2D eigenvalue weighted by molar-refractivity contribution is -0.154. The molecule has 1 unspecified atom stereocenters. The standard InChI is InChI=1S/C12H14F3N3O2S.2ClH/c13-12(14,15)6-20-11-8(2-1-3-16-11)4-17-10(19)9-5-21-7-18-9;;/h1-3,9,18H,4-7H2,(H,17,19);2*1H. The van der Waals surface area contributed by atoms with E-state index >= 15 is 0 Å². The van der Waals surface area contributed by atoms with Crippen LogP contribution in [0.3, 0.4) is 0 Å². The second-order valence-electron chi connectivity index (χ2n) is 4.36. The summed E-state index contributed by atoms with van der Waals surface area (Å²) >= 11 is 1.61. The zero-order valence-corrected chi connectivity index (χ0v) is 14.2. The van der Waals surface area contributed by atoms with Crippen molar-refractivity contribution in [2.75, 3.05) is 18.2 Å². The first-order valence-corrected chi connectivity index (χ1v) is 7.33. The van der Waals surface area contributed by atoms with Crippen molar-refractivity contribution in [2.45, 2.75) is 18.8 Å². The van der Waals surface area contributed by atoms with E-state index in [1.165, 1.54) is 6.20 Å². The Morgan fingerprint density at radius 3 is 2.83 bits per heavy atom. The lowest BCUT2D eigenvalue weighted by atomic mass is 10.2. The normalized spacial score (nSPS) is 16.9. The summed E-state index contributed by atoms with van der Waals surface area (Å²) < 4.78 is 41.1. The van der Waals surface area contributed by atoms with Crippen molar-refractivity contribution in [1.82, 2.24) is 15.6 Å². The molecule has 2 N–H and O–H groups in total. The van der Waals surface area contributed by atoms with Crippen LogP contribution in [0.5, 0.6) is 5.88 Å². The van der Waals surface area contributed by atoms with Crippen LogP contribution in [0.4, 0.5) is 13.2 Å². The number of carbonyl (C=O) groups excluding carboxylic acids is 1. The summed E-state index contributed by atoms with van der Waals surface area (Å²) in [6, 6.07) is 2.87. The summed E-state index contributed by atoms with van der Waals surface area (Å²) in [5.74, 6) is 1.08. The number of carbonyl (C=O) groups is 1. The van der Waals surface area contributed by atoms with Gasteiger partial charge in [0.2, 0.25) is 11.8 Å². The molecular formula is C12H16Cl2F3N3O2S. The van der Waals surface area contributed by atoms with Gasteiger partial charge >= 0.3 is 6.18 Å². The maximum atomic E-state index is 12.2. The van der Waals surface area contributed by atoms with Crippen LogP contribution in [0.1, 0.15) is 5.56 Å². The number of alkyl halides is 3. The Kier molecular flexibility index (Phi) is 9.67. The molecule has 0 aliphatic carbocycles. The summed E-state index contributed by atoms with van der Waals surface area (Å²) in [6.45, 7) is -1.34. The van der Waals surface area contributed by atoms with E-state index in [1.54, 1.807) is 23.9 Å². The number of amides is 1. The van der Waals surface area contributed by atoms with Crippen LogP contribution < -0.4 is 15.4 Å². The highest BCUT2D eigenvalue weighted by atomic mass is 35.5. The quantitative estimate of drug-likeness (QED) is 0.802. The lowest BCUT2D eigenvalue weighted by Gasteiger charge is -2.14. The van der Waals surface area contributed by atoms with Gasteiger partial charge in [0.15, 0.2) is 6.61 Å². The topological polar surface area (TPSA) is 63.2 Å². The summed E-state index contributed by atoms with van der Waals surface area (Å²) in [7, 11) is 0. The molecule has 1 amide bonds. The number of aromatic nitrogens is 1. The molecule has 0 bridgehead atoms. The number of rotatable bonds is 5. The molecule has 1 atom stereocenters. The Morgan fingerprint density at radius 1 is 1.48 bits per heavy atom. The Balaban J connectivity index is 0.00000242. The second-order valence-corrected chi connectivity index (χ2v) is 5.39. The van der Waals surface area contributed by atoms with Gasteiger partial charge in [-0.1, -0.05) is 6.07 Å². The zero-order chi connectivity index (χ0) is 15.3. The molecule has 11 heteroatoms. The van der Waals surface area contributed by atoms with Crippen LogP contribution in [0, 0.1) is 0 Å². The van der Waals surface area contributed by atoms with Gasteiger partial charge in [-0.15, -0.1) is 36.6 Å². The van der Waals surface area contributed by atoms with Crippen LogP contribution in [0.2, 0.25) is 0 Å². The van der Waals surface area contributed by atoms with E-state index in [0.717, 1.165) is 0 Å². The average molecular weight is 394 g/mol. The molecular weight excluding hydrogens is 378 g/mol. The molecule has 1 saturated heterocycles. The van der Waals surface area contributed by atoms with Gasteiger partial charge < -0.3 is 10.1 Å². The van der Waals surface area contributed by atoms with Gasteiger partial charge in [0.1, 0.15) is 0 Å². The van der Waals surface area contributed by atoms with Crippen LogP contribution >= 0.6 is 36.6 Å². The minimum atomic E-state index is -4.43. The number of thioether (sulfide) groups is 1. The van der Waals surface area contributed by atoms with Gasteiger partial charge in [0, 0.05) is 29.9 Å². The Bertz CT molecular complexity index is 503. The highest BCUT2D eigenvalue weighted by molar-refractivity contribution is 7.99. The number of pyridine rings is 1. The maximum absolute atomic E-state index is 12.2. The van der Waals surface area contributed by atoms with E-state index in [-0.39, 0.29) is 49.2 Å². The lowest BCUT2D eigenvalue weighted by Crippen LogP contribution is -2.41. The monoisotopic (exact) mass is 393 g/mol. The van der Waals surface area contributed by atoms with Crippen LogP contribution in [-0.4, -0.2) is 41.3 Å². The molecule has 1 aliphatic heterocycles. The van der Waals surface area contributed by atoms with Crippen LogP contribution in [0.25, 0.3) is 0 Å². The van der Waals surface area contributed by atoms with Crippen molar-refractivity contribution in [3.63, 3.8) is 0 Å². The van der Waals surface area contributed by atoms with Gasteiger partial charge in [-0.3, -0.25) is 10.1 Å². The van der Waals surface area contributed by atoms with Gasteiger partial charge in [-0.2, -0.15) is 13.2 Å². The van der Waals surface area contributed by atoms with Crippen molar-refractivity contribution in [2.24, 2.45) is 0 Å². The fraction of sp³-hybridized carbons (Fsp3) is 0.500. The van der Waals surface area contributed by atoms with E-state index in [1.807, 2.05) is 0 Å². The molecule has 132 valence electrons. The second kappa shape index (κ2) is 10.1. The smallest absolute Gasteiger partial charge is 0.422 e. The molecule has 2 rings (SSSR count). The average Bonchev–Trinajstić information content (AvgIpc) is 2.96. The summed E-state index contributed by atoms with van der Waals surface area (Å²) in [6.07, 6.45) is -3.09. The van der Waals surface area contributed by atoms with E-state index in [0.29, 0.717) is 17.2 Å². The molecule has 0 aromatic carbocycles. The zero-order valence-electron chi connectivity index (χ0n) is 11.8. The highest BCUT2D eigenvalue weighted by Crippen LogP contribution is 2.20. The van der Waals surface area contributed by atoms with Crippen molar-refractivity contribution < 1.29 is 22.7 Å². The first kappa shape index (κ1) is 22.1. The van der Waals surface area contributed by atoms with Crippen LogP contribution in [-0.2, 0) is 11.3 Å². The van der Waals surface area contributed by atoms with Gasteiger partial charge in [-0.05, 0) is 6.07 Å². The van der Waals surface area contributed by atoms with Crippen molar-refractivity contribution in [3.05, 3.63) is 23.9 Å². The number of nitrogens with one attached hydrogen (secondary N) is 2. The molecule has 1 fully saturated rings. The minimum absolute atomic E-state index is 0. The van der Waals surface area contributed by atoms with Crippen molar-refractivity contribution >= 4 is 42.5 Å². The fourth-order valence-electron chi connectivity index (χ4n) is 1.71. The van der Waals surface area contributed by atoms with E-state index in [4.69, 9.17) is 0 Å². The third kappa shape index (κ3) is 7.47. The maximum Gasteiger partial charge on any atom is 0.422 e. The molecule has 0 saturated carbocycles. The molecule has 1 aliphatic rings. The summed E-state index contributed by atoms with van der Waals surface area (Å²) in [5.41, 5.74) is 0.403. The molecule has 0 radical (unpaired) electrons. The molecule has 1 aromatic heterocycles. The third-order valence-electron chi connectivity index (χ3n) is 2.71. The largest absolute Gasteiger partial charge is 0.468 e. The third-order valence-corrected chi connectivity index (χ3v) is 3.65. The first-order valence-electron chi connectivity index (χ1n) is 6.18. The summed E-state index contributed by atoms with van der Waals surface area (Å²) in [5, 5.41) is 5.67. The van der Waals surface area contributed by atoms with E-state index in [2.05, 4.69) is 20.4 Å². The van der Waals surface area contributed by atoms with Gasteiger partial charge in [0.25, 0.3) is 0 Å². The summed E-state index contributed by atoms with van der Waals surface area (Å²) in [4.78, 5) is 15.6. The Hall–Kier alpha value is -0.900. The SMILES string of the molecule is Cl.Cl.O=C(NCc1cccnc1OCC(F)(F)F)C1CSCN1. The Morgan fingerprint density at radius 2 is 2.22 bits per heavy atom. The van der Waals surface area contributed by atoms with Crippen molar-refractivity contribution in [3.8, 4) is 5.88 Å². The minimum Gasteiger partial charge on any atom is -0.468 e. The number of nitrogens with zero attached hydrogens (tertiary/aromatic N) is 1. The van der Waals surface area contributed by atoms with Crippen molar-refractivity contribution in [1.29, 1.82) is 0 Å². The van der Waals surface area contributed by atoms with Gasteiger partial charge in [0.05, 0.1) is 6.04 Å². The van der Waals surface area contributed by atoms with E-state index < -0.39 is 12.8 Å². The number of hydrogen-bond acceptors (Lipinski definition) is 5. The van der Waals surface area contributed by atoms with Gasteiger partial charge in [-0.25, -0.2) is 4.98 Å². The van der Waals surface area contributed by atoms with E-state index in [9.17, 15) is 18.0 Å². The van der Waals surface area contributed by atoms with Crippen LogP contribution in [0.15, 0.2) is 18.3 Å². The molecule has 5 nitrogen and oxygen atoms in total. The predicted molar refractivity (Wildman–Crippen MR) is 86.4 cm³/mol. The number of ether oxygens (including phenoxy) is 1. The number of hydrogen-bond donors (Lipinski definition) is 2.